The highest BCUT2D eigenvalue weighted by atomic mass is 16.6. The molecule has 0 aliphatic carbocycles. The number of ether oxygens (including phenoxy) is 3. The van der Waals surface area contributed by atoms with Crippen LogP contribution < -0.4 is 17.1 Å². The molecule has 3 aromatic carbocycles. The largest absolute Gasteiger partial charge is 0.507 e. The predicted octanol–water partition coefficient (Wildman–Crippen LogP) is 16.4. The Morgan fingerprint density at radius 1 is 0.356 bits per heavy atom. The standard InChI is InChI=1S/C72H111N3O12/c1-25-28-31-34-55(85-61(79)43(4)46-37-49(67(7,8)9)58(76)50(38-46)68(10,11)12)73-64(82)74(56(35-32-29-26-2)86-62(80)44(5)47-39-51(69(13,14)15)59(77)52(40-47)70(16,17)18)66(84)75(65(73)83)57(36-33-30-27-3)87-63(81)45(6)48-41-53(71(19,20)21)60(78)54(42-48)72(22,23)24/h37-45,55-57,76-78H,25-36H2,1-24H3. The summed E-state index contributed by atoms with van der Waals surface area (Å²) >= 11 is 0. The van der Waals surface area contributed by atoms with Gasteiger partial charge < -0.3 is 29.5 Å². The van der Waals surface area contributed by atoms with E-state index in [1.165, 1.54) is 0 Å². The average molecular weight is 1210 g/mol. The van der Waals surface area contributed by atoms with E-state index in [1.54, 1.807) is 57.2 Å². The molecule has 0 amide bonds. The molecule has 0 fully saturated rings. The smallest absolute Gasteiger partial charge is 0.342 e. The lowest BCUT2D eigenvalue weighted by Gasteiger charge is -2.30. The molecule has 0 radical (unpaired) electrons. The zero-order valence-corrected chi connectivity index (χ0v) is 57.8. The lowest BCUT2D eigenvalue weighted by Crippen LogP contribution is -2.58. The van der Waals surface area contributed by atoms with Crippen molar-refractivity contribution in [3.8, 4) is 17.2 Å². The summed E-state index contributed by atoms with van der Waals surface area (Å²) in [6, 6.07) is 10.7. The molecular formula is C72H111N3O12. The third-order valence-corrected chi connectivity index (χ3v) is 16.8. The van der Waals surface area contributed by atoms with E-state index in [0.717, 1.165) is 33.0 Å². The molecule has 6 unspecified atom stereocenters. The highest BCUT2D eigenvalue weighted by Crippen LogP contribution is 2.45. The maximum atomic E-state index is 15.8. The number of nitrogens with zero attached hydrogens (tertiary/aromatic N) is 3. The van der Waals surface area contributed by atoms with Crippen molar-refractivity contribution in [1.82, 2.24) is 13.7 Å². The highest BCUT2D eigenvalue weighted by molar-refractivity contribution is 5.80. The Hall–Kier alpha value is -6.12. The number of aromatic nitrogens is 3. The molecule has 6 atom stereocenters. The molecule has 3 N–H and O–H groups in total. The fourth-order valence-corrected chi connectivity index (χ4v) is 11.0. The number of hydrogen-bond acceptors (Lipinski definition) is 12. The minimum absolute atomic E-state index is 0.0372. The van der Waals surface area contributed by atoms with E-state index < -0.39 is 104 Å². The van der Waals surface area contributed by atoms with Gasteiger partial charge in [-0.15, -0.1) is 0 Å². The molecule has 1 aromatic heterocycles. The summed E-state index contributed by atoms with van der Waals surface area (Å²) < 4.78 is 21.6. The second-order valence-electron chi connectivity index (χ2n) is 30.7. The summed E-state index contributed by atoms with van der Waals surface area (Å²) in [5, 5.41) is 34.9. The normalized spacial score (nSPS) is 14.9. The van der Waals surface area contributed by atoms with Crippen LogP contribution in [0.4, 0.5) is 0 Å². The molecule has 0 aliphatic heterocycles. The summed E-state index contributed by atoms with van der Waals surface area (Å²) in [6.07, 6.45) is 0.217. The average Bonchev–Trinajstić information content (AvgIpc) is 0.890. The second kappa shape index (κ2) is 28.6. The van der Waals surface area contributed by atoms with Crippen molar-refractivity contribution < 1.29 is 43.9 Å². The van der Waals surface area contributed by atoms with Crippen LogP contribution in [-0.2, 0) is 61.1 Å². The van der Waals surface area contributed by atoms with Gasteiger partial charge in [0, 0.05) is 19.3 Å². The van der Waals surface area contributed by atoms with Crippen molar-refractivity contribution in [1.29, 1.82) is 0 Å². The minimum atomic E-state index is -1.62. The quantitative estimate of drug-likeness (QED) is 0.0340. The summed E-state index contributed by atoms with van der Waals surface area (Å²) in [7, 11) is 0. The maximum Gasteiger partial charge on any atom is 0.342 e. The van der Waals surface area contributed by atoms with Gasteiger partial charge in [0.15, 0.2) is 18.7 Å². The van der Waals surface area contributed by atoms with Crippen molar-refractivity contribution in [3.05, 3.63) is 118 Å². The number of benzene rings is 3. The first-order chi connectivity index (χ1) is 39.9. The van der Waals surface area contributed by atoms with Gasteiger partial charge in [-0.1, -0.05) is 220 Å². The van der Waals surface area contributed by atoms with Crippen molar-refractivity contribution in [3.63, 3.8) is 0 Å². The first-order valence-corrected chi connectivity index (χ1v) is 32.1. The molecule has 0 spiro atoms. The number of esters is 3. The van der Waals surface area contributed by atoms with Gasteiger partial charge in [-0.25, -0.2) is 28.1 Å². The molecule has 0 aliphatic rings. The molecule has 0 saturated heterocycles. The van der Waals surface area contributed by atoms with Crippen molar-refractivity contribution >= 4 is 17.9 Å². The van der Waals surface area contributed by atoms with Gasteiger partial charge in [0.2, 0.25) is 0 Å². The summed E-state index contributed by atoms with van der Waals surface area (Å²) in [5.41, 5.74) is -1.42. The lowest BCUT2D eigenvalue weighted by atomic mass is 9.77. The van der Waals surface area contributed by atoms with Crippen LogP contribution in [-0.4, -0.2) is 46.9 Å². The zero-order valence-electron chi connectivity index (χ0n) is 57.8. The van der Waals surface area contributed by atoms with Gasteiger partial charge in [0.1, 0.15) is 17.2 Å². The van der Waals surface area contributed by atoms with Crippen LogP contribution in [0.2, 0.25) is 0 Å². The molecular weight excluding hydrogens is 1100 g/mol. The Morgan fingerprint density at radius 2 is 0.529 bits per heavy atom. The number of carbonyl (C=O) groups excluding carboxylic acids is 3. The van der Waals surface area contributed by atoms with E-state index in [4.69, 9.17) is 14.2 Å². The number of hydrogen-bond donors (Lipinski definition) is 3. The van der Waals surface area contributed by atoms with Gasteiger partial charge in [-0.2, -0.15) is 0 Å². The van der Waals surface area contributed by atoms with Gasteiger partial charge in [-0.3, -0.25) is 14.4 Å². The SMILES string of the molecule is CCCCCC(OC(=O)C(C)c1cc(C(C)(C)C)c(O)c(C(C)(C)C)c1)n1c(=O)n(C(CCCCC)OC(=O)C(C)c2cc(C(C)(C)C)c(O)c(C(C)(C)C)c2)c(=O)n(C(CCCCC)OC(=O)C(C)c2cc(C(C)(C)C)c(O)c(C(C)(C)C)c2)c1=O. The number of carbonyl (C=O) groups is 3. The summed E-state index contributed by atoms with van der Waals surface area (Å²) in [4.78, 5) is 92.5. The van der Waals surface area contributed by atoms with Gasteiger partial charge in [0.05, 0.1) is 17.8 Å². The van der Waals surface area contributed by atoms with Gasteiger partial charge in [0.25, 0.3) is 0 Å². The molecule has 1 heterocycles. The minimum Gasteiger partial charge on any atom is -0.507 e. The number of aromatic hydroxyl groups is 3. The Bertz CT molecular complexity index is 2770. The highest BCUT2D eigenvalue weighted by Gasteiger charge is 2.38. The van der Waals surface area contributed by atoms with Gasteiger partial charge in [-0.05, 0) is 123 Å². The lowest BCUT2D eigenvalue weighted by molar-refractivity contribution is -0.159. The molecule has 0 saturated carbocycles. The number of rotatable bonds is 24. The monoisotopic (exact) mass is 1210 g/mol. The van der Waals surface area contributed by atoms with Gasteiger partial charge >= 0.3 is 35.0 Å². The van der Waals surface area contributed by atoms with Crippen LogP contribution in [0.25, 0.3) is 0 Å². The second-order valence-corrected chi connectivity index (χ2v) is 30.7. The van der Waals surface area contributed by atoms with Crippen LogP contribution in [0.3, 0.4) is 0 Å². The molecule has 87 heavy (non-hydrogen) atoms. The fourth-order valence-electron chi connectivity index (χ4n) is 11.0. The Morgan fingerprint density at radius 3 is 0.678 bits per heavy atom. The Balaban J connectivity index is 2.15. The Kier molecular flexibility index (Phi) is 24.1. The fraction of sp³-hybridized carbons (Fsp3) is 0.667. The number of unbranched alkanes of at least 4 members (excludes halogenated alkanes) is 6. The van der Waals surface area contributed by atoms with Crippen molar-refractivity contribution in [2.75, 3.05) is 0 Å². The van der Waals surface area contributed by atoms with E-state index in [2.05, 4.69) is 0 Å². The molecule has 4 aromatic rings. The first kappa shape index (κ1) is 73.4. The van der Waals surface area contributed by atoms with Crippen LogP contribution in [0.1, 0.15) is 330 Å². The van der Waals surface area contributed by atoms with Crippen LogP contribution in [0.15, 0.2) is 50.8 Å². The van der Waals surface area contributed by atoms with Crippen molar-refractivity contribution in [2.24, 2.45) is 0 Å². The molecule has 15 nitrogen and oxygen atoms in total. The van der Waals surface area contributed by atoms with Crippen LogP contribution in [0, 0.1) is 0 Å². The molecule has 0 bridgehead atoms. The maximum absolute atomic E-state index is 15.8. The Labute approximate surface area is 520 Å². The van der Waals surface area contributed by atoms with Crippen LogP contribution in [0.5, 0.6) is 17.2 Å². The van der Waals surface area contributed by atoms with E-state index in [-0.39, 0.29) is 36.5 Å². The third kappa shape index (κ3) is 17.8. The molecule has 15 heteroatoms. The summed E-state index contributed by atoms with van der Waals surface area (Å²) in [6.45, 7) is 46.4. The van der Waals surface area contributed by atoms with E-state index in [1.807, 2.05) is 145 Å². The number of phenols is 3. The molecule has 486 valence electrons. The molecule has 4 rings (SSSR count). The van der Waals surface area contributed by atoms with Crippen molar-refractivity contribution in [2.45, 2.75) is 312 Å². The third-order valence-electron chi connectivity index (χ3n) is 16.8. The van der Waals surface area contributed by atoms with E-state index >= 15 is 14.4 Å². The zero-order chi connectivity index (χ0) is 66.4. The number of phenolic OH excluding ortho intramolecular Hbond substituents is 3. The summed E-state index contributed by atoms with van der Waals surface area (Å²) in [5.74, 6) is -4.96. The predicted molar refractivity (Wildman–Crippen MR) is 349 cm³/mol. The van der Waals surface area contributed by atoms with E-state index in [9.17, 15) is 29.7 Å². The topological polar surface area (TPSA) is 206 Å². The first-order valence-electron chi connectivity index (χ1n) is 32.1. The van der Waals surface area contributed by atoms with E-state index in [0.29, 0.717) is 88.6 Å². The van der Waals surface area contributed by atoms with Crippen LogP contribution >= 0.6 is 0 Å².